The van der Waals surface area contributed by atoms with E-state index in [0.717, 1.165) is 12.0 Å². The molecule has 0 bridgehead atoms. The third-order valence-corrected chi connectivity index (χ3v) is 2.46. The molecule has 2 heteroatoms. The van der Waals surface area contributed by atoms with Gasteiger partial charge in [-0.15, -0.1) is 0 Å². The Morgan fingerprint density at radius 1 is 1.36 bits per heavy atom. The van der Waals surface area contributed by atoms with Gasteiger partial charge in [0, 0.05) is 6.04 Å². The standard InChI is InChI=1S/C12H18FN/c1-12(2,3)11(14)8-9-5-4-6-10(13)7-9/h4-7,11H,8,14H2,1-3H3. The molecule has 1 atom stereocenters. The van der Waals surface area contributed by atoms with E-state index in [-0.39, 0.29) is 17.3 Å². The molecule has 1 unspecified atom stereocenters. The summed E-state index contributed by atoms with van der Waals surface area (Å²) in [5.41, 5.74) is 7.04. The molecule has 0 fully saturated rings. The van der Waals surface area contributed by atoms with Gasteiger partial charge in [-0.1, -0.05) is 32.9 Å². The van der Waals surface area contributed by atoms with Crippen LogP contribution in [-0.4, -0.2) is 6.04 Å². The average Bonchev–Trinajstić information content (AvgIpc) is 2.02. The minimum atomic E-state index is -0.191. The molecule has 0 saturated carbocycles. The van der Waals surface area contributed by atoms with Gasteiger partial charge < -0.3 is 5.73 Å². The Bertz CT molecular complexity index is 301. The highest BCUT2D eigenvalue weighted by Gasteiger charge is 2.20. The van der Waals surface area contributed by atoms with Gasteiger partial charge in [-0.2, -0.15) is 0 Å². The Labute approximate surface area is 85.1 Å². The van der Waals surface area contributed by atoms with Crippen molar-refractivity contribution in [2.24, 2.45) is 11.1 Å². The Morgan fingerprint density at radius 2 is 2.00 bits per heavy atom. The second kappa shape index (κ2) is 4.09. The van der Waals surface area contributed by atoms with E-state index < -0.39 is 0 Å². The first-order valence-corrected chi connectivity index (χ1v) is 4.89. The van der Waals surface area contributed by atoms with Crippen LogP contribution < -0.4 is 5.73 Å². The molecule has 0 radical (unpaired) electrons. The zero-order valence-corrected chi connectivity index (χ0v) is 9.05. The van der Waals surface area contributed by atoms with Gasteiger partial charge >= 0.3 is 0 Å². The highest BCUT2D eigenvalue weighted by Crippen LogP contribution is 2.20. The van der Waals surface area contributed by atoms with Crippen molar-refractivity contribution in [2.45, 2.75) is 33.2 Å². The van der Waals surface area contributed by atoms with Crippen molar-refractivity contribution in [3.05, 3.63) is 35.6 Å². The Morgan fingerprint density at radius 3 is 2.50 bits per heavy atom. The van der Waals surface area contributed by atoms with E-state index >= 15 is 0 Å². The van der Waals surface area contributed by atoms with Gasteiger partial charge in [0.1, 0.15) is 5.82 Å². The summed E-state index contributed by atoms with van der Waals surface area (Å²) in [6.45, 7) is 6.28. The van der Waals surface area contributed by atoms with Crippen LogP contribution in [0, 0.1) is 11.2 Å². The molecule has 0 heterocycles. The lowest BCUT2D eigenvalue weighted by Crippen LogP contribution is -2.36. The average molecular weight is 195 g/mol. The van der Waals surface area contributed by atoms with Crippen LogP contribution in [0.2, 0.25) is 0 Å². The second-order valence-corrected chi connectivity index (χ2v) is 4.81. The highest BCUT2D eigenvalue weighted by molar-refractivity contribution is 5.17. The topological polar surface area (TPSA) is 26.0 Å². The maximum atomic E-state index is 12.9. The lowest BCUT2D eigenvalue weighted by molar-refractivity contribution is 0.318. The molecule has 0 amide bonds. The summed E-state index contributed by atoms with van der Waals surface area (Å²) in [6.07, 6.45) is 0.723. The molecule has 0 aliphatic carbocycles. The second-order valence-electron chi connectivity index (χ2n) is 4.81. The molecule has 0 spiro atoms. The normalized spacial score (nSPS) is 14.1. The van der Waals surface area contributed by atoms with E-state index in [1.165, 1.54) is 6.07 Å². The van der Waals surface area contributed by atoms with Crippen LogP contribution >= 0.6 is 0 Å². The van der Waals surface area contributed by atoms with Crippen molar-refractivity contribution in [1.29, 1.82) is 0 Å². The summed E-state index contributed by atoms with van der Waals surface area (Å²) < 4.78 is 12.9. The first-order valence-electron chi connectivity index (χ1n) is 4.89. The van der Waals surface area contributed by atoms with Crippen LogP contribution in [0.15, 0.2) is 24.3 Å². The van der Waals surface area contributed by atoms with E-state index in [9.17, 15) is 4.39 Å². The van der Waals surface area contributed by atoms with Crippen molar-refractivity contribution in [2.75, 3.05) is 0 Å². The monoisotopic (exact) mass is 195 g/mol. The maximum absolute atomic E-state index is 12.9. The predicted molar refractivity (Wildman–Crippen MR) is 57.5 cm³/mol. The Balaban J connectivity index is 2.70. The SMILES string of the molecule is CC(C)(C)C(N)Cc1cccc(F)c1. The van der Waals surface area contributed by atoms with Crippen molar-refractivity contribution in [3.63, 3.8) is 0 Å². The van der Waals surface area contributed by atoms with Crippen molar-refractivity contribution >= 4 is 0 Å². The van der Waals surface area contributed by atoms with Gasteiger partial charge in [-0.3, -0.25) is 0 Å². The molecule has 1 rings (SSSR count). The maximum Gasteiger partial charge on any atom is 0.123 e. The minimum Gasteiger partial charge on any atom is -0.327 e. The molecule has 0 aromatic heterocycles. The summed E-state index contributed by atoms with van der Waals surface area (Å²) in [5, 5.41) is 0. The van der Waals surface area contributed by atoms with Crippen LogP contribution in [0.3, 0.4) is 0 Å². The Kier molecular flexibility index (Phi) is 3.27. The van der Waals surface area contributed by atoms with Gasteiger partial charge in [0.2, 0.25) is 0 Å². The van der Waals surface area contributed by atoms with Crippen LogP contribution in [0.25, 0.3) is 0 Å². The van der Waals surface area contributed by atoms with E-state index in [2.05, 4.69) is 20.8 Å². The number of hydrogen-bond donors (Lipinski definition) is 1. The summed E-state index contributed by atoms with van der Waals surface area (Å²) in [5.74, 6) is -0.191. The zero-order valence-electron chi connectivity index (χ0n) is 9.05. The predicted octanol–water partition coefficient (Wildman–Crippen LogP) is 2.74. The molecular weight excluding hydrogens is 177 g/mol. The number of benzene rings is 1. The number of halogens is 1. The van der Waals surface area contributed by atoms with Gasteiger partial charge in [-0.05, 0) is 29.5 Å². The number of rotatable bonds is 2. The first-order chi connectivity index (χ1) is 6.39. The van der Waals surface area contributed by atoms with Crippen LogP contribution in [0.4, 0.5) is 4.39 Å². The molecule has 1 aromatic carbocycles. The lowest BCUT2D eigenvalue weighted by Gasteiger charge is -2.27. The minimum absolute atomic E-state index is 0.0595. The number of hydrogen-bond acceptors (Lipinski definition) is 1. The molecule has 0 aliphatic heterocycles. The van der Waals surface area contributed by atoms with Crippen LogP contribution in [0.5, 0.6) is 0 Å². The summed E-state index contributed by atoms with van der Waals surface area (Å²) in [6, 6.07) is 6.69. The van der Waals surface area contributed by atoms with Crippen molar-refractivity contribution < 1.29 is 4.39 Å². The molecule has 1 nitrogen and oxygen atoms in total. The van der Waals surface area contributed by atoms with Crippen molar-refractivity contribution in [1.82, 2.24) is 0 Å². The summed E-state index contributed by atoms with van der Waals surface area (Å²) >= 11 is 0. The molecule has 78 valence electrons. The summed E-state index contributed by atoms with van der Waals surface area (Å²) in [7, 11) is 0. The largest absolute Gasteiger partial charge is 0.327 e. The third kappa shape index (κ3) is 3.11. The lowest BCUT2D eigenvalue weighted by atomic mass is 9.84. The van der Waals surface area contributed by atoms with Crippen LogP contribution in [-0.2, 0) is 6.42 Å². The third-order valence-electron chi connectivity index (χ3n) is 2.46. The van der Waals surface area contributed by atoms with E-state index in [4.69, 9.17) is 5.73 Å². The van der Waals surface area contributed by atoms with Gasteiger partial charge in [0.15, 0.2) is 0 Å². The van der Waals surface area contributed by atoms with E-state index in [1.54, 1.807) is 12.1 Å². The smallest absolute Gasteiger partial charge is 0.123 e. The molecule has 0 saturated heterocycles. The highest BCUT2D eigenvalue weighted by atomic mass is 19.1. The molecule has 2 N–H and O–H groups in total. The zero-order chi connectivity index (χ0) is 10.8. The van der Waals surface area contributed by atoms with Crippen molar-refractivity contribution in [3.8, 4) is 0 Å². The molecule has 14 heavy (non-hydrogen) atoms. The van der Waals surface area contributed by atoms with Gasteiger partial charge in [-0.25, -0.2) is 4.39 Å². The quantitative estimate of drug-likeness (QED) is 0.771. The molecular formula is C12H18FN. The molecule has 1 aromatic rings. The number of nitrogens with two attached hydrogens (primary N) is 1. The van der Waals surface area contributed by atoms with E-state index in [1.807, 2.05) is 6.07 Å². The first kappa shape index (κ1) is 11.2. The Hall–Kier alpha value is -0.890. The fourth-order valence-electron chi connectivity index (χ4n) is 1.22. The fourth-order valence-corrected chi connectivity index (χ4v) is 1.22. The van der Waals surface area contributed by atoms with E-state index in [0.29, 0.717) is 0 Å². The fraction of sp³-hybridized carbons (Fsp3) is 0.500. The molecule has 0 aliphatic rings. The van der Waals surface area contributed by atoms with Gasteiger partial charge in [0.25, 0.3) is 0 Å². The van der Waals surface area contributed by atoms with Crippen LogP contribution in [0.1, 0.15) is 26.3 Å². The van der Waals surface area contributed by atoms with Gasteiger partial charge in [0.05, 0.1) is 0 Å². The summed E-state index contributed by atoms with van der Waals surface area (Å²) in [4.78, 5) is 0.